The molecule has 1 aromatic heterocycles. The molecule has 4 rings (SSSR count). The third-order valence-electron chi connectivity index (χ3n) is 6.61. The number of hydrogen-bond donors (Lipinski definition) is 0. The van der Waals surface area contributed by atoms with Gasteiger partial charge in [-0.15, -0.1) is 0 Å². The maximum Gasteiger partial charge on any atom is 0.471 e. The van der Waals surface area contributed by atoms with E-state index in [2.05, 4.69) is 26.5 Å². The molecule has 1 fully saturated rings. The molecule has 11 heteroatoms. The molecule has 3 heterocycles. The zero-order valence-electron chi connectivity index (χ0n) is 18.7. The smallest absolute Gasteiger partial charge is 0.471 e. The Morgan fingerprint density at radius 1 is 1.27 bits per heavy atom. The van der Waals surface area contributed by atoms with E-state index in [1.807, 2.05) is 13.8 Å². The molecule has 2 aliphatic heterocycles. The summed E-state index contributed by atoms with van der Waals surface area (Å²) >= 11 is 0. The number of likely N-dealkylation sites (tertiary alicyclic amines) is 1. The average Bonchev–Trinajstić information content (AvgIpc) is 3.21. The number of carbonyl (C=O) groups is 1. The maximum absolute atomic E-state index is 15.1. The molecule has 7 nitrogen and oxygen atoms in total. The highest BCUT2D eigenvalue weighted by atomic mass is 19.4. The number of amides is 1. The number of halogens is 4. The largest absolute Gasteiger partial charge is 0.491 e. The van der Waals surface area contributed by atoms with Gasteiger partial charge in [-0.3, -0.25) is 4.79 Å². The number of piperidine rings is 1. The topological polar surface area (TPSA) is 71.7 Å². The first-order chi connectivity index (χ1) is 15.5. The number of benzene rings is 1. The summed E-state index contributed by atoms with van der Waals surface area (Å²) in [5, 5.41) is 3.31. The lowest BCUT2D eigenvalue weighted by atomic mass is 9.78. The van der Waals surface area contributed by atoms with Crippen molar-refractivity contribution >= 4 is 5.91 Å². The number of hydrogen-bond acceptors (Lipinski definition) is 6. The number of ether oxygens (including phenoxy) is 1. The van der Waals surface area contributed by atoms with Gasteiger partial charge in [0.25, 0.3) is 0 Å². The zero-order valence-corrected chi connectivity index (χ0v) is 18.7. The minimum Gasteiger partial charge on any atom is -0.491 e. The van der Waals surface area contributed by atoms with Crippen molar-refractivity contribution < 1.29 is 31.6 Å². The standard InChI is InChI=1S/C22H26F4N4O3/c1-4-29-7-5-21(3,6-8-29)20(31)30-11-15-16(23)9-14(10-17(15)32-12-13(30)2)18-27-19(33-28-18)22(24,25)26/h9-10,13H,4-8,11-12H2,1-3H3/t13-/m0/s1. The molecule has 2 aliphatic rings. The molecule has 0 saturated carbocycles. The summed E-state index contributed by atoms with van der Waals surface area (Å²) in [6.07, 6.45) is -3.36. The fourth-order valence-electron chi connectivity index (χ4n) is 4.30. The minimum atomic E-state index is -4.80. The molecule has 1 atom stereocenters. The van der Waals surface area contributed by atoms with Gasteiger partial charge < -0.3 is 19.1 Å². The predicted octanol–water partition coefficient (Wildman–Crippen LogP) is 4.13. The normalized spacial score (nSPS) is 21.3. The summed E-state index contributed by atoms with van der Waals surface area (Å²) < 4.78 is 63.4. The van der Waals surface area contributed by atoms with Crippen LogP contribution in [0.5, 0.6) is 5.75 Å². The molecule has 1 amide bonds. The van der Waals surface area contributed by atoms with Crippen molar-refractivity contribution in [1.82, 2.24) is 19.9 Å². The van der Waals surface area contributed by atoms with Crippen molar-refractivity contribution in [1.29, 1.82) is 0 Å². The first-order valence-corrected chi connectivity index (χ1v) is 10.9. The van der Waals surface area contributed by atoms with Crippen molar-refractivity contribution in [3.63, 3.8) is 0 Å². The minimum absolute atomic E-state index is 0.00294. The van der Waals surface area contributed by atoms with E-state index in [9.17, 15) is 18.0 Å². The summed E-state index contributed by atoms with van der Waals surface area (Å²) in [6.45, 7) is 8.60. The van der Waals surface area contributed by atoms with Gasteiger partial charge in [0.05, 0.1) is 12.6 Å². The zero-order chi connectivity index (χ0) is 24.0. The van der Waals surface area contributed by atoms with E-state index in [0.29, 0.717) is 0 Å². The lowest BCUT2D eigenvalue weighted by Gasteiger charge is -2.41. The molecule has 0 unspecified atom stereocenters. The van der Waals surface area contributed by atoms with Gasteiger partial charge in [-0.1, -0.05) is 19.0 Å². The third-order valence-corrected chi connectivity index (χ3v) is 6.61. The number of rotatable bonds is 3. The molecular weight excluding hydrogens is 444 g/mol. The Morgan fingerprint density at radius 3 is 2.58 bits per heavy atom. The maximum atomic E-state index is 15.1. The monoisotopic (exact) mass is 470 g/mol. The SMILES string of the molecule is CCN1CCC(C)(C(=O)N2Cc3c(F)cc(-c4noc(C(F)(F)F)n4)cc3OC[C@@H]2C)CC1. The van der Waals surface area contributed by atoms with Gasteiger partial charge in [-0.25, -0.2) is 4.39 Å². The molecule has 1 saturated heterocycles. The molecule has 0 spiro atoms. The van der Waals surface area contributed by atoms with Crippen LogP contribution in [0, 0.1) is 11.2 Å². The Kier molecular flexibility index (Phi) is 6.10. The Hall–Kier alpha value is -2.69. The second-order valence-electron chi connectivity index (χ2n) is 8.94. The molecule has 0 radical (unpaired) electrons. The number of fused-ring (bicyclic) bond motifs is 1. The molecule has 33 heavy (non-hydrogen) atoms. The fraction of sp³-hybridized carbons (Fsp3) is 0.591. The van der Waals surface area contributed by atoms with E-state index in [1.54, 1.807) is 4.90 Å². The van der Waals surface area contributed by atoms with Crippen molar-refractivity contribution in [2.45, 2.75) is 52.4 Å². The first kappa shape index (κ1) is 23.5. The Morgan fingerprint density at radius 2 is 1.97 bits per heavy atom. The van der Waals surface area contributed by atoms with Gasteiger partial charge in [-0.05, 0) is 51.5 Å². The van der Waals surface area contributed by atoms with Crippen LogP contribution < -0.4 is 4.74 Å². The second kappa shape index (κ2) is 8.58. The number of carbonyl (C=O) groups excluding carboxylic acids is 1. The van der Waals surface area contributed by atoms with E-state index >= 15 is 4.39 Å². The lowest BCUT2D eigenvalue weighted by Crippen LogP contribution is -2.51. The summed E-state index contributed by atoms with van der Waals surface area (Å²) in [5.74, 6) is -2.51. The van der Waals surface area contributed by atoms with Crippen LogP contribution in [0.25, 0.3) is 11.4 Å². The van der Waals surface area contributed by atoms with Crippen molar-refractivity contribution in [2.75, 3.05) is 26.2 Å². The van der Waals surface area contributed by atoms with Crippen LogP contribution in [0.3, 0.4) is 0 Å². The summed E-state index contributed by atoms with van der Waals surface area (Å²) in [4.78, 5) is 20.8. The number of alkyl halides is 3. The van der Waals surface area contributed by atoms with Gasteiger partial charge in [0.15, 0.2) is 0 Å². The molecule has 2 aromatic rings. The average molecular weight is 470 g/mol. The Labute approximate surface area is 188 Å². The molecular formula is C22H26F4N4O3. The van der Waals surface area contributed by atoms with Gasteiger partial charge in [-0.2, -0.15) is 18.2 Å². The van der Waals surface area contributed by atoms with Crippen molar-refractivity contribution in [3.8, 4) is 17.1 Å². The van der Waals surface area contributed by atoms with E-state index in [0.717, 1.165) is 38.5 Å². The summed E-state index contributed by atoms with van der Waals surface area (Å²) in [7, 11) is 0. The van der Waals surface area contributed by atoms with Crippen LogP contribution >= 0.6 is 0 Å². The fourth-order valence-corrected chi connectivity index (χ4v) is 4.30. The van der Waals surface area contributed by atoms with Gasteiger partial charge in [0.1, 0.15) is 18.2 Å². The molecule has 0 bridgehead atoms. The number of nitrogens with zero attached hydrogens (tertiary/aromatic N) is 4. The molecule has 0 aliphatic carbocycles. The van der Waals surface area contributed by atoms with Crippen LogP contribution in [-0.2, 0) is 17.5 Å². The van der Waals surface area contributed by atoms with Crippen LogP contribution in [0.1, 0.15) is 45.1 Å². The summed E-state index contributed by atoms with van der Waals surface area (Å²) in [5.41, 5.74) is -0.373. The Balaban J connectivity index is 1.60. The molecule has 0 N–H and O–H groups in total. The summed E-state index contributed by atoms with van der Waals surface area (Å²) in [6, 6.07) is 2.11. The van der Waals surface area contributed by atoms with Gasteiger partial charge in [0.2, 0.25) is 11.7 Å². The quantitative estimate of drug-likeness (QED) is 0.629. The van der Waals surface area contributed by atoms with Crippen LogP contribution in [0.2, 0.25) is 0 Å². The highest BCUT2D eigenvalue weighted by molar-refractivity contribution is 5.83. The van der Waals surface area contributed by atoms with E-state index in [-0.39, 0.29) is 42.0 Å². The van der Waals surface area contributed by atoms with E-state index < -0.39 is 29.1 Å². The third kappa shape index (κ3) is 4.55. The van der Waals surface area contributed by atoms with Crippen molar-refractivity contribution in [3.05, 3.63) is 29.4 Å². The van der Waals surface area contributed by atoms with E-state index in [4.69, 9.17) is 4.74 Å². The first-order valence-electron chi connectivity index (χ1n) is 10.9. The highest BCUT2D eigenvalue weighted by Crippen LogP contribution is 2.38. The van der Waals surface area contributed by atoms with Crippen molar-refractivity contribution in [2.24, 2.45) is 5.41 Å². The Bertz CT molecular complexity index is 1030. The van der Waals surface area contributed by atoms with Crippen LogP contribution in [0.4, 0.5) is 17.6 Å². The molecule has 1 aromatic carbocycles. The number of aromatic nitrogens is 2. The lowest BCUT2D eigenvalue weighted by molar-refractivity contribution is -0.159. The second-order valence-corrected chi connectivity index (χ2v) is 8.94. The predicted molar refractivity (Wildman–Crippen MR) is 110 cm³/mol. The molecule has 180 valence electrons. The van der Waals surface area contributed by atoms with Gasteiger partial charge >= 0.3 is 12.1 Å². The van der Waals surface area contributed by atoms with Crippen LogP contribution in [-0.4, -0.2) is 58.1 Å². The van der Waals surface area contributed by atoms with E-state index in [1.165, 1.54) is 6.07 Å². The van der Waals surface area contributed by atoms with Crippen LogP contribution in [0.15, 0.2) is 16.7 Å². The highest BCUT2D eigenvalue weighted by Gasteiger charge is 2.42. The van der Waals surface area contributed by atoms with Gasteiger partial charge in [0, 0.05) is 16.5 Å².